The maximum atomic E-state index is 13.6. The molecule has 2 aliphatic heterocycles. The summed E-state index contributed by atoms with van der Waals surface area (Å²) in [4.78, 5) is 26.8. The molecule has 11 heteroatoms. The van der Waals surface area contributed by atoms with E-state index in [9.17, 15) is 9.59 Å². The molecule has 0 unspecified atom stereocenters. The number of carbonyl (C=O) groups is 2. The number of hydrogen-bond donors (Lipinski definition) is 1. The average Bonchev–Trinajstić information content (AvgIpc) is 3.66. The Labute approximate surface area is 234 Å². The van der Waals surface area contributed by atoms with E-state index in [-0.39, 0.29) is 30.5 Å². The molecule has 0 saturated carbocycles. The van der Waals surface area contributed by atoms with Crippen LogP contribution in [0.25, 0.3) is 16.6 Å². The summed E-state index contributed by atoms with van der Waals surface area (Å²) in [5.41, 5.74) is 2.75. The molecule has 1 N–H and O–H groups in total. The second-order valence-electron chi connectivity index (χ2n) is 9.63. The lowest BCUT2D eigenvalue weighted by Gasteiger charge is -2.18. The standard InChI is InChI=1S/C30H25N5O6/c36-27(17-19-5-7-23-25(15-19)40-13-11-38-23)32-30-29-21(34-10-2-9-31-34)3-1-4-22(29)35(33-30)28(37)18-20-6-8-24-26(16-20)41-14-12-39-24/h1-10,15-16H,11-14,17-18H2,(H,32,33,36). The molecule has 3 aromatic carbocycles. The van der Waals surface area contributed by atoms with Crippen molar-refractivity contribution in [3.8, 4) is 28.7 Å². The summed E-state index contributed by atoms with van der Waals surface area (Å²) in [6.07, 6.45) is 3.62. The van der Waals surface area contributed by atoms with Gasteiger partial charge in [-0.3, -0.25) is 9.59 Å². The van der Waals surface area contributed by atoms with Crippen molar-refractivity contribution in [3.63, 3.8) is 0 Å². The zero-order chi connectivity index (χ0) is 27.8. The van der Waals surface area contributed by atoms with Crippen LogP contribution >= 0.6 is 0 Å². The molecule has 206 valence electrons. The van der Waals surface area contributed by atoms with Crippen LogP contribution < -0.4 is 24.3 Å². The first-order chi connectivity index (χ1) is 20.1. The van der Waals surface area contributed by atoms with E-state index in [2.05, 4.69) is 15.5 Å². The van der Waals surface area contributed by atoms with Crippen LogP contribution in [0, 0.1) is 0 Å². The fraction of sp³-hybridized carbons (Fsp3) is 0.200. The van der Waals surface area contributed by atoms with Crippen molar-refractivity contribution >= 4 is 28.5 Å². The molecular formula is C30H25N5O6. The lowest BCUT2D eigenvalue weighted by atomic mass is 10.1. The molecule has 11 nitrogen and oxygen atoms in total. The van der Waals surface area contributed by atoms with Crippen LogP contribution in [-0.4, -0.2) is 57.8 Å². The zero-order valence-corrected chi connectivity index (χ0v) is 21.9. The van der Waals surface area contributed by atoms with Gasteiger partial charge in [-0.25, -0.2) is 4.68 Å². The molecule has 0 radical (unpaired) electrons. The van der Waals surface area contributed by atoms with E-state index in [1.165, 1.54) is 4.68 Å². The number of anilines is 1. The van der Waals surface area contributed by atoms with Crippen LogP contribution in [-0.2, 0) is 17.6 Å². The Hall–Kier alpha value is -5.32. The van der Waals surface area contributed by atoms with Crippen molar-refractivity contribution in [1.29, 1.82) is 0 Å². The van der Waals surface area contributed by atoms with Crippen molar-refractivity contribution in [2.45, 2.75) is 12.8 Å². The average molecular weight is 552 g/mol. The number of amides is 1. The second kappa shape index (κ2) is 10.3. The summed E-state index contributed by atoms with van der Waals surface area (Å²) in [7, 11) is 0. The first kappa shape index (κ1) is 24.7. The van der Waals surface area contributed by atoms with Crippen molar-refractivity contribution in [2.24, 2.45) is 0 Å². The van der Waals surface area contributed by atoms with Crippen LogP contribution in [0.4, 0.5) is 5.82 Å². The molecule has 0 saturated heterocycles. The molecule has 7 rings (SSSR count). The van der Waals surface area contributed by atoms with E-state index in [1.807, 2.05) is 30.3 Å². The highest BCUT2D eigenvalue weighted by atomic mass is 16.6. The third-order valence-electron chi connectivity index (χ3n) is 6.86. The highest BCUT2D eigenvalue weighted by molar-refractivity contribution is 6.07. The van der Waals surface area contributed by atoms with Crippen molar-refractivity contribution in [1.82, 2.24) is 19.6 Å². The number of benzene rings is 3. The van der Waals surface area contributed by atoms with Gasteiger partial charge in [0.05, 0.1) is 29.4 Å². The van der Waals surface area contributed by atoms with E-state index in [0.29, 0.717) is 66.0 Å². The van der Waals surface area contributed by atoms with E-state index in [0.717, 1.165) is 11.1 Å². The molecule has 5 aromatic rings. The van der Waals surface area contributed by atoms with Gasteiger partial charge in [0.2, 0.25) is 5.91 Å². The maximum absolute atomic E-state index is 13.6. The fourth-order valence-corrected chi connectivity index (χ4v) is 5.04. The van der Waals surface area contributed by atoms with E-state index in [4.69, 9.17) is 18.9 Å². The van der Waals surface area contributed by atoms with Gasteiger partial charge >= 0.3 is 0 Å². The number of fused-ring (bicyclic) bond motifs is 3. The second-order valence-corrected chi connectivity index (χ2v) is 9.63. The maximum Gasteiger partial charge on any atom is 0.251 e. The van der Waals surface area contributed by atoms with Crippen LogP contribution in [0.5, 0.6) is 23.0 Å². The Morgan fingerprint density at radius 1 is 0.780 bits per heavy atom. The van der Waals surface area contributed by atoms with Crippen molar-refractivity contribution in [3.05, 3.63) is 84.2 Å². The third kappa shape index (κ3) is 4.82. The van der Waals surface area contributed by atoms with Crippen LogP contribution in [0.3, 0.4) is 0 Å². The highest BCUT2D eigenvalue weighted by Gasteiger charge is 2.22. The zero-order valence-electron chi connectivity index (χ0n) is 21.9. The topological polar surface area (TPSA) is 119 Å². The molecule has 1 amide bonds. The number of hydrogen-bond acceptors (Lipinski definition) is 8. The Kier molecular flexibility index (Phi) is 6.23. The van der Waals surface area contributed by atoms with Gasteiger partial charge in [0.1, 0.15) is 26.4 Å². The minimum Gasteiger partial charge on any atom is -0.486 e. The van der Waals surface area contributed by atoms with E-state index < -0.39 is 0 Å². The molecule has 0 spiro atoms. The summed E-state index contributed by atoms with van der Waals surface area (Å²) >= 11 is 0. The van der Waals surface area contributed by atoms with Crippen molar-refractivity contribution in [2.75, 3.05) is 31.7 Å². The van der Waals surface area contributed by atoms with Gasteiger partial charge in [0.25, 0.3) is 5.91 Å². The lowest BCUT2D eigenvalue weighted by molar-refractivity contribution is -0.115. The molecular weight excluding hydrogens is 526 g/mol. The van der Waals surface area contributed by atoms with Gasteiger partial charge in [0, 0.05) is 12.4 Å². The Morgan fingerprint density at radius 3 is 2.10 bits per heavy atom. The normalized spacial score (nSPS) is 13.7. The number of nitrogens with zero attached hydrogens (tertiary/aromatic N) is 4. The molecule has 4 heterocycles. The summed E-state index contributed by atoms with van der Waals surface area (Å²) in [6.45, 7) is 1.91. The first-order valence-corrected chi connectivity index (χ1v) is 13.2. The SMILES string of the molecule is O=C(Cc1ccc2c(c1)OCCO2)Nc1nn(C(=O)Cc2ccc3c(c2)OCCO3)c2cccc(-n3cccn3)c12. The van der Waals surface area contributed by atoms with Crippen LogP contribution in [0.15, 0.2) is 73.1 Å². The summed E-state index contributed by atoms with van der Waals surface area (Å²) in [6, 6.07) is 18.2. The number of carbonyl (C=O) groups excluding carboxylic acids is 2. The number of aromatic nitrogens is 4. The molecule has 0 aliphatic carbocycles. The number of nitrogens with one attached hydrogen (secondary N) is 1. The Morgan fingerprint density at radius 2 is 1.44 bits per heavy atom. The predicted molar refractivity (Wildman–Crippen MR) is 148 cm³/mol. The van der Waals surface area contributed by atoms with Crippen LogP contribution in [0.1, 0.15) is 15.9 Å². The van der Waals surface area contributed by atoms with E-state index in [1.54, 1.807) is 47.4 Å². The summed E-state index contributed by atoms with van der Waals surface area (Å²) < 4.78 is 25.5. The van der Waals surface area contributed by atoms with Gasteiger partial charge in [-0.1, -0.05) is 18.2 Å². The van der Waals surface area contributed by atoms with Crippen molar-refractivity contribution < 1.29 is 28.5 Å². The quantitative estimate of drug-likeness (QED) is 0.338. The number of ether oxygens (including phenoxy) is 4. The third-order valence-corrected chi connectivity index (χ3v) is 6.86. The fourth-order valence-electron chi connectivity index (χ4n) is 5.04. The molecule has 0 bridgehead atoms. The Bertz CT molecular complexity index is 1780. The molecule has 0 fully saturated rings. The molecule has 41 heavy (non-hydrogen) atoms. The monoisotopic (exact) mass is 551 g/mol. The molecule has 2 aliphatic rings. The minimum absolute atomic E-state index is 0.0734. The minimum atomic E-state index is -0.289. The number of rotatable bonds is 6. The largest absolute Gasteiger partial charge is 0.486 e. The lowest BCUT2D eigenvalue weighted by Crippen LogP contribution is -2.19. The van der Waals surface area contributed by atoms with Crippen LogP contribution in [0.2, 0.25) is 0 Å². The highest BCUT2D eigenvalue weighted by Crippen LogP contribution is 2.33. The smallest absolute Gasteiger partial charge is 0.251 e. The summed E-state index contributed by atoms with van der Waals surface area (Å²) in [5, 5.41) is 12.5. The molecule has 0 atom stereocenters. The van der Waals surface area contributed by atoms with Gasteiger partial charge in [0.15, 0.2) is 28.8 Å². The molecule has 2 aromatic heterocycles. The first-order valence-electron chi connectivity index (χ1n) is 13.2. The predicted octanol–water partition coefficient (Wildman–Crippen LogP) is 3.83. The van der Waals surface area contributed by atoms with Gasteiger partial charge in [-0.15, -0.1) is 5.10 Å². The van der Waals surface area contributed by atoms with E-state index >= 15 is 0 Å². The summed E-state index contributed by atoms with van der Waals surface area (Å²) in [5.74, 6) is 2.25. The Balaban J connectivity index is 1.21. The van der Waals surface area contributed by atoms with Gasteiger partial charge < -0.3 is 24.3 Å². The van der Waals surface area contributed by atoms with Gasteiger partial charge in [-0.2, -0.15) is 9.78 Å². The van der Waals surface area contributed by atoms with Gasteiger partial charge in [-0.05, 0) is 53.6 Å².